The van der Waals surface area contributed by atoms with Crippen molar-refractivity contribution < 1.29 is 38.3 Å². The summed E-state index contributed by atoms with van der Waals surface area (Å²) in [7, 11) is 0. The maximum Gasteiger partial charge on any atom is 0.416 e. The molecule has 0 spiro atoms. The average Bonchev–Trinajstić information content (AvgIpc) is 2.53. The van der Waals surface area contributed by atoms with Crippen LogP contribution in [0, 0.1) is 0 Å². The third-order valence-electron chi connectivity index (χ3n) is 4.16. The van der Waals surface area contributed by atoms with Crippen molar-refractivity contribution in [3.05, 3.63) is 35.4 Å². The molecule has 1 aliphatic heterocycles. The number of halogens is 3. The van der Waals surface area contributed by atoms with Crippen molar-refractivity contribution >= 4 is 0 Å². The molecule has 8 heteroatoms. The normalized spacial score (nSPS) is 29.5. The van der Waals surface area contributed by atoms with Crippen LogP contribution in [0.15, 0.2) is 24.3 Å². The third-order valence-corrected chi connectivity index (χ3v) is 4.16. The van der Waals surface area contributed by atoms with Crippen molar-refractivity contribution in [1.29, 1.82) is 0 Å². The van der Waals surface area contributed by atoms with Crippen LogP contribution in [-0.4, -0.2) is 57.6 Å². The van der Waals surface area contributed by atoms with Gasteiger partial charge in [-0.1, -0.05) is 12.1 Å². The number of alkyl halides is 3. The minimum absolute atomic E-state index is 0.0611. The van der Waals surface area contributed by atoms with Crippen molar-refractivity contribution in [3.63, 3.8) is 0 Å². The zero-order valence-corrected chi connectivity index (χ0v) is 12.9. The Balaban J connectivity index is 1.82. The molecule has 5 nitrogen and oxygen atoms in total. The van der Waals surface area contributed by atoms with E-state index in [9.17, 15) is 33.6 Å². The number of ether oxygens (including phenoxy) is 1. The van der Waals surface area contributed by atoms with Gasteiger partial charge >= 0.3 is 6.18 Å². The maximum absolute atomic E-state index is 12.5. The molecule has 0 radical (unpaired) electrons. The number of benzene rings is 1. The van der Waals surface area contributed by atoms with Crippen LogP contribution in [0.4, 0.5) is 13.2 Å². The van der Waals surface area contributed by atoms with Gasteiger partial charge in [0, 0.05) is 6.42 Å². The summed E-state index contributed by atoms with van der Waals surface area (Å²) >= 11 is 0. The quantitative estimate of drug-likeness (QED) is 0.633. The van der Waals surface area contributed by atoms with Crippen LogP contribution in [-0.2, 0) is 17.3 Å². The fraction of sp³-hybridized carbons (Fsp3) is 0.625. The Morgan fingerprint density at radius 2 is 1.71 bits per heavy atom. The van der Waals surface area contributed by atoms with Gasteiger partial charge in [-0.25, -0.2) is 0 Å². The Kier molecular flexibility index (Phi) is 6.22. The molecule has 2 rings (SSSR count). The molecule has 1 aliphatic rings. The lowest BCUT2D eigenvalue weighted by molar-refractivity contribution is -0.193. The molecule has 0 unspecified atom stereocenters. The Bertz CT molecular complexity index is 519. The second kappa shape index (κ2) is 7.79. The first kappa shape index (κ1) is 19.1. The van der Waals surface area contributed by atoms with E-state index >= 15 is 0 Å². The van der Waals surface area contributed by atoms with E-state index in [1.54, 1.807) is 0 Å². The average molecular weight is 350 g/mol. The second-order valence-corrected chi connectivity index (χ2v) is 6.04. The number of hydrogen-bond acceptors (Lipinski definition) is 5. The van der Waals surface area contributed by atoms with Gasteiger partial charge in [0.15, 0.2) is 0 Å². The van der Waals surface area contributed by atoms with E-state index in [0.717, 1.165) is 12.1 Å². The number of rotatable bonds is 5. The first-order chi connectivity index (χ1) is 11.2. The number of aryl methyl sites for hydroxylation is 1. The van der Waals surface area contributed by atoms with Crippen LogP contribution in [0.1, 0.15) is 24.0 Å². The molecule has 0 saturated carbocycles. The predicted octanol–water partition coefficient (Wildman–Crippen LogP) is 0.870. The summed E-state index contributed by atoms with van der Waals surface area (Å²) in [5, 5.41) is 38.7. The smallest absolute Gasteiger partial charge is 0.393 e. The Morgan fingerprint density at radius 1 is 1.08 bits per heavy atom. The third kappa shape index (κ3) is 4.90. The second-order valence-electron chi connectivity index (χ2n) is 6.04. The highest BCUT2D eigenvalue weighted by molar-refractivity contribution is 5.24. The summed E-state index contributed by atoms with van der Waals surface area (Å²) in [4.78, 5) is 0. The van der Waals surface area contributed by atoms with Crippen molar-refractivity contribution in [1.82, 2.24) is 0 Å². The maximum atomic E-state index is 12.5. The highest BCUT2D eigenvalue weighted by Gasteiger charge is 2.38. The van der Waals surface area contributed by atoms with Crippen molar-refractivity contribution in [2.45, 2.75) is 56.0 Å². The van der Waals surface area contributed by atoms with Crippen LogP contribution < -0.4 is 0 Å². The summed E-state index contributed by atoms with van der Waals surface area (Å²) in [5.41, 5.74) is -0.0688. The molecule has 1 fully saturated rings. The SMILES string of the molecule is O[C@H](CCc1ccc(C(F)(F)F)cc1)C[C@@H]1OC[C@@H](O)[C@H](O)[C@H]1O. The lowest BCUT2D eigenvalue weighted by Crippen LogP contribution is -2.53. The summed E-state index contributed by atoms with van der Waals surface area (Å²) in [5.74, 6) is 0. The van der Waals surface area contributed by atoms with Gasteiger partial charge in [-0.3, -0.25) is 0 Å². The summed E-state index contributed by atoms with van der Waals surface area (Å²) in [6.07, 6.45) is -9.12. The van der Waals surface area contributed by atoms with E-state index in [0.29, 0.717) is 12.0 Å². The first-order valence-corrected chi connectivity index (χ1v) is 7.68. The van der Waals surface area contributed by atoms with Gasteiger partial charge in [-0.15, -0.1) is 0 Å². The Hall–Kier alpha value is -1.19. The number of aliphatic hydroxyl groups excluding tert-OH is 4. The van der Waals surface area contributed by atoms with E-state index in [1.165, 1.54) is 12.1 Å². The highest BCUT2D eigenvalue weighted by atomic mass is 19.4. The molecule has 136 valence electrons. The summed E-state index contributed by atoms with van der Waals surface area (Å²) in [6.45, 7) is -0.130. The van der Waals surface area contributed by atoms with Crippen LogP contribution in [0.25, 0.3) is 0 Å². The fourth-order valence-electron chi connectivity index (χ4n) is 2.65. The zero-order valence-electron chi connectivity index (χ0n) is 12.9. The molecule has 1 heterocycles. The molecule has 24 heavy (non-hydrogen) atoms. The lowest BCUT2D eigenvalue weighted by atomic mass is 9.94. The molecule has 1 aromatic rings. The standard InChI is InChI=1S/C16H21F3O5/c17-16(18,19)10-4-1-9(2-5-10)3-6-11(20)7-13-15(23)14(22)12(21)8-24-13/h1-2,4-5,11-15,20-23H,3,6-8H2/t11-,12-,13+,14+,15+/m1/s1. The molecule has 0 aliphatic carbocycles. The molecular weight excluding hydrogens is 329 g/mol. The number of hydrogen-bond donors (Lipinski definition) is 4. The van der Waals surface area contributed by atoms with Crippen LogP contribution in [0.5, 0.6) is 0 Å². The molecule has 0 bridgehead atoms. The molecule has 1 saturated heterocycles. The minimum atomic E-state index is -4.38. The molecule has 0 aromatic heterocycles. The van der Waals surface area contributed by atoms with E-state index in [2.05, 4.69) is 0 Å². The largest absolute Gasteiger partial charge is 0.416 e. The van der Waals surface area contributed by atoms with E-state index in [4.69, 9.17) is 4.74 Å². The zero-order chi connectivity index (χ0) is 17.9. The van der Waals surface area contributed by atoms with Gasteiger partial charge in [0.05, 0.1) is 24.4 Å². The van der Waals surface area contributed by atoms with E-state index < -0.39 is 42.3 Å². The summed E-state index contributed by atoms with van der Waals surface area (Å²) < 4.78 is 42.6. The van der Waals surface area contributed by atoms with Gasteiger partial charge in [0.1, 0.15) is 18.3 Å². The Morgan fingerprint density at radius 3 is 2.29 bits per heavy atom. The van der Waals surface area contributed by atoms with E-state index in [-0.39, 0.29) is 19.4 Å². The highest BCUT2D eigenvalue weighted by Crippen LogP contribution is 2.29. The topological polar surface area (TPSA) is 90.2 Å². The van der Waals surface area contributed by atoms with Crippen molar-refractivity contribution in [2.75, 3.05) is 6.61 Å². The molecular formula is C16H21F3O5. The summed E-state index contributed by atoms with van der Waals surface area (Å²) in [6, 6.07) is 4.71. The molecule has 5 atom stereocenters. The predicted molar refractivity (Wildman–Crippen MR) is 78.1 cm³/mol. The number of aliphatic hydroxyl groups is 4. The monoisotopic (exact) mass is 350 g/mol. The van der Waals surface area contributed by atoms with Gasteiger partial charge in [0.25, 0.3) is 0 Å². The minimum Gasteiger partial charge on any atom is -0.393 e. The van der Waals surface area contributed by atoms with Gasteiger partial charge in [-0.05, 0) is 30.5 Å². The van der Waals surface area contributed by atoms with Crippen LogP contribution in [0.2, 0.25) is 0 Å². The van der Waals surface area contributed by atoms with Gasteiger partial charge in [-0.2, -0.15) is 13.2 Å². The first-order valence-electron chi connectivity index (χ1n) is 7.68. The van der Waals surface area contributed by atoms with Crippen LogP contribution in [0.3, 0.4) is 0 Å². The fourth-order valence-corrected chi connectivity index (χ4v) is 2.65. The van der Waals surface area contributed by atoms with Gasteiger partial charge < -0.3 is 25.2 Å². The van der Waals surface area contributed by atoms with E-state index in [1.807, 2.05) is 0 Å². The molecule has 0 amide bonds. The van der Waals surface area contributed by atoms with Crippen molar-refractivity contribution in [2.24, 2.45) is 0 Å². The molecule has 4 N–H and O–H groups in total. The van der Waals surface area contributed by atoms with Crippen molar-refractivity contribution in [3.8, 4) is 0 Å². The van der Waals surface area contributed by atoms with Crippen LogP contribution >= 0.6 is 0 Å². The van der Waals surface area contributed by atoms with Gasteiger partial charge in [0.2, 0.25) is 0 Å². The molecule has 1 aromatic carbocycles. The lowest BCUT2D eigenvalue weighted by Gasteiger charge is -2.36. The Labute approximate surface area is 137 Å².